The van der Waals surface area contributed by atoms with Gasteiger partial charge in [0.05, 0.1) is 4.90 Å². The molecule has 0 saturated carbocycles. The summed E-state index contributed by atoms with van der Waals surface area (Å²) < 4.78 is 27.9. The third kappa shape index (κ3) is 3.55. The molecule has 0 aliphatic carbocycles. The van der Waals surface area contributed by atoms with Crippen LogP contribution in [0, 0.1) is 0 Å². The second-order valence-electron chi connectivity index (χ2n) is 3.51. The first-order chi connectivity index (χ1) is 7.36. The Bertz CT molecular complexity index is 474. The van der Waals surface area contributed by atoms with Crippen LogP contribution in [0.5, 0.6) is 0 Å². The molecular formula is C10H13Br2NO2S. The predicted octanol–water partition coefficient (Wildman–Crippen LogP) is 3.29. The lowest BCUT2D eigenvalue weighted by molar-refractivity contribution is 0.555. The van der Waals surface area contributed by atoms with Crippen molar-refractivity contribution in [1.29, 1.82) is 0 Å². The Morgan fingerprint density at radius 2 is 2.00 bits per heavy atom. The minimum absolute atomic E-state index is 0.0733. The first-order valence-corrected chi connectivity index (χ1v) is 7.91. The molecule has 1 aromatic rings. The first kappa shape index (κ1) is 14.2. The van der Waals surface area contributed by atoms with Crippen molar-refractivity contribution in [2.45, 2.75) is 31.2 Å². The molecule has 0 saturated heterocycles. The smallest absolute Gasteiger partial charge is 0.208 e. The van der Waals surface area contributed by atoms with Gasteiger partial charge in [0, 0.05) is 15.0 Å². The van der Waals surface area contributed by atoms with E-state index in [0.29, 0.717) is 4.47 Å². The molecule has 6 heteroatoms. The van der Waals surface area contributed by atoms with E-state index in [1.54, 1.807) is 18.2 Å². The van der Waals surface area contributed by atoms with Crippen LogP contribution in [0.4, 0.5) is 0 Å². The zero-order valence-electron chi connectivity index (χ0n) is 9.00. The third-order valence-electron chi connectivity index (χ3n) is 2.15. The Balaban J connectivity index is 3.12. The summed E-state index contributed by atoms with van der Waals surface area (Å²) in [7, 11) is -3.45. The zero-order valence-corrected chi connectivity index (χ0v) is 13.0. The van der Waals surface area contributed by atoms with Crippen molar-refractivity contribution in [3.8, 4) is 0 Å². The molecule has 0 aliphatic rings. The van der Waals surface area contributed by atoms with E-state index in [1.165, 1.54) is 0 Å². The highest BCUT2D eigenvalue weighted by Crippen LogP contribution is 2.25. The van der Waals surface area contributed by atoms with Crippen LogP contribution in [-0.2, 0) is 10.0 Å². The van der Waals surface area contributed by atoms with E-state index < -0.39 is 10.0 Å². The molecular weight excluding hydrogens is 358 g/mol. The number of halogens is 2. The number of benzene rings is 1. The summed E-state index contributed by atoms with van der Waals surface area (Å²) in [4.78, 5) is 0.252. The maximum Gasteiger partial charge on any atom is 0.241 e. The van der Waals surface area contributed by atoms with Gasteiger partial charge in [0.25, 0.3) is 0 Å². The molecule has 1 atom stereocenters. The van der Waals surface area contributed by atoms with Gasteiger partial charge >= 0.3 is 0 Å². The lowest BCUT2D eigenvalue weighted by atomic mass is 10.3. The monoisotopic (exact) mass is 369 g/mol. The van der Waals surface area contributed by atoms with Crippen molar-refractivity contribution in [2.24, 2.45) is 0 Å². The number of rotatable bonds is 4. The van der Waals surface area contributed by atoms with Crippen molar-refractivity contribution in [2.75, 3.05) is 0 Å². The van der Waals surface area contributed by atoms with Gasteiger partial charge in [-0.1, -0.05) is 22.9 Å². The van der Waals surface area contributed by atoms with Crippen molar-refractivity contribution < 1.29 is 8.42 Å². The summed E-state index contributed by atoms with van der Waals surface area (Å²) in [6.45, 7) is 3.77. The van der Waals surface area contributed by atoms with E-state index in [2.05, 4.69) is 36.6 Å². The molecule has 0 fully saturated rings. The van der Waals surface area contributed by atoms with E-state index in [9.17, 15) is 8.42 Å². The average molecular weight is 371 g/mol. The summed E-state index contributed by atoms with van der Waals surface area (Å²) >= 11 is 6.50. The van der Waals surface area contributed by atoms with Gasteiger partial charge in [0.1, 0.15) is 0 Å². The Morgan fingerprint density at radius 3 is 2.56 bits per heavy atom. The third-order valence-corrected chi connectivity index (χ3v) is 5.23. The standard InChI is InChI=1S/C10H13Br2NO2S/c1-3-7(2)13-16(14,15)10-6-8(11)4-5-9(10)12/h4-7,13H,3H2,1-2H3/t7-/m0/s1. The van der Waals surface area contributed by atoms with Crippen LogP contribution in [0.25, 0.3) is 0 Å². The molecule has 0 amide bonds. The van der Waals surface area contributed by atoms with E-state index in [1.807, 2.05) is 13.8 Å². The Labute approximate surface area is 113 Å². The van der Waals surface area contributed by atoms with Crippen molar-refractivity contribution in [1.82, 2.24) is 4.72 Å². The number of hydrogen-bond donors (Lipinski definition) is 1. The Hall–Kier alpha value is 0.0900. The van der Waals surface area contributed by atoms with Crippen LogP contribution in [0.15, 0.2) is 32.0 Å². The minimum Gasteiger partial charge on any atom is -0.208 e. The molecule has 0 unspecified atom stereocenters. The van der Waals surface area contributed by atoms with Crippen molar-refractivity contribution in [3.05, 3.63) is 27.1 Å². The van der Waals surface area contributed by atoms with Crippen LogP contribution in [0.3, 0.4) is 0 Å². The lowest BCUT2D eigenvalue weighted by Crippen LogP contribution is -2.32. The van der Waals surface area contributed by atoms with Gasteiger partial charge in [-0.15, -0.1) is 0 Å². The van der Waals surface area contributed by atoms with Gasteiger partial charge in [-0.3, -0.25) is 0 Å². The lowest BCUT2D eigenvalue weighted by Gasteiger charge is -2.13. The molecule has 0 bridgehead atoms. The molecule has 1 N–H and O–H groups in total. The van der Waals surface area contributed by atoms with Gasteiger partial charge in [0.2, 0.25) is 10.0 Å². The highest BCUT2D eigenvalue weighted by Gasteiger charge is 2.19. The van der Waals surface area contributed by atoms with Crippen LogP contribution in [0.1, 0.15) is 20.3 Å². The number of hydrogen-bond acceptors (Lipinski definition) is 2. The normalized spacial score (nSPS) is 13.8. The minimum atomic E-state index is -3.45. The maximum absolute atomic E-state index is 12.0. The highest BCUT2D eigenvalue weighted by molar-refractivity contribution is 9.11. The summed E-state index contributed by atoms with van der Waals surface area (Å²) in [6.07, 6.45) is 0.755. The zero-order chi connectivity index (χ0) is 12.3. The van der Waals surface area contributed by atoms with Crippen LogP contribution < -0.4 is 4.72 Å². The fourth-order valence-corrected chi connectivity index (χ4v) is 3.92. The molecule has 16 heavy (non-hydrogen) atoms. The Kier molecular flexibility index (Phi) is 4.97. The molecule has 3 nitrogen and oxygen atoms in total. The highest BCUT2D eigenvalue weighted by atomic mass is 79.9. The first-order valence-electron chi connectivity index (χ1n) is 4.84. The van der Waals surface area contributed by atoms with Gasteiger partial charge in [-0.05, 0) is 47.5 Å². The topological polar surface area (TPSA) is 46.2 Å². The van der Waals surface area contributed by atoms with E-state index in [0.717, 1.165) is 10.9 Å². The van der Waals surface area contributed by atoms with Crippen molar-refractivity contribution in [3.63, 3.8) is 0 Å². The van der Waals surface area contributed by atoms with Gasteiger partial charge in [-0.25, -0.2) is 13.1 Å². The van der Waals surface area contributed by atoms with Crippen LogP contribution in [-0.4, -0.2) is 14.5 Å². The molecule has 90 valence electrons. The van der Waals surface area contributed by atoms with Gasteiger partial charge in [-0.2, -0.15) is 0 Å². The SMILES string of the molecule is CC[C@H](C)NS(=O)(=O)c1cc(Br)ccc1Br. The second-order valence-corrected chi connectivity index (χ2v) is 6.96. The summed E-state index contributed by atoms with van der Waals surface area (Å²) in [5.74, 6) is 0. The fraction of sp³-hybridized carbons (Fsp3) is 0.400. The van der Waals surface area contributed by atoms with E-state index in [-0.39, 0.29) is 10.9 Å². The molecule has 0 aliphatic heterocycles. The molecule has 0 aromatic heterocycles. The molecule has 1 rings (SSSR count). The summed E-state index contributed by atoms with van der Waals surface area (Å²) in [5.41, 5.74) is 0. The maximum atomic E-state index is 12.0. The Morgan fingerprint density at radius 1 is 1.38 bits per heavy atom. The fourth-order valence-electron chi connectivity index (χ4n) is 1.09. The van der Waals surface area contributed by atoms with Gasteiger partial charge in [0.15, 0.2) is 0 Å². The van der Waals surface area contributed by atoms with Crippen LogP contribution in [0.2, 0.25) is 0 Å². The summed E-state index contributed by atoms with van der Waals surface area (Å²) in [6, 6.07) is 4.99. The van der Waals surface area contributed by atoms with E-state index >= 15 is 0 Å². The largest absolute Gasteiger partial charge is 0.241 e. The molecule has 0 radical (unpaired) electrons. The molecule has 1 aromatic carbocycles. The quantitative estimate of drug-likeness (QED) is 0.883. The summed E-state index contributed by atoms with van der Waals surface area (Å²) in [5, 5.41) is 0. The second kappa shape index (κ2) is 5.62. The van der Waals surface area contributed by atoms with Crippen LogP contribution >= 0.6 is 31.9 Å². The van der Waals surface area contributed by atoms with Gasteiger partial charge < -0.3 is 0 Å². The number of sulfonamides is 1. The molecule has 0 spiro atoms. The van der Waals surface area contributed by atoms with E-state index in [4.69, 9.17) is 0 Å². The predicted molar refractivity (Wildman–Crippen MR) is 71.9 cm³/mol. The average Bonchev–Trinajstić information content (AvgIpc) is 2.20. The number of nitrogens with one attached hydrogen (secondary N) is 1. The van der Waals surface area contributed by atoms with Crippen molar-refractivity contribution >= 4 is 41.9 Å². The molecule has 0 heterocycles.